The second kappa shape index (κ2) is 7.54. The molecule has 0 unspecified atom stereocenters. The Morgan fingerprint density at radius 2 is 1.33 bits per heavy atom. The first-order valence-corrected chi connectivity index (χ1v) is 12.2. The molecule has 33 heavy (non-hydrogen) atoms. The molecule has 7 nitrogen and oxygen atoms in total. The molecule has 3 saturated carbocycles. The van der Waals surface area contributed by atoms with Gasteiger partial charge < -0.3 is 10.6 Å². The minimum absolute atomic E-state index is 0.0317. The summed E-state index contributed by atoms with van der Waals surface area (Å²) in [6.45, 7) is 1.45. The number of likely N-dealkylation sites (tertiary alicyclic amines) is 1. The molecule has 6 aliphatic rings. The van der Waals surface area contributed by atoms with Crippen LogP contribution >= 0.6 is 0 Å². The van der Waals surface area contributed by atoms with Crippen molar-refractivity contribution in [3.63, 3.8) is 0 Å². The standard InChI is InChI=1S/C26H29N3O4/c1-13(30)27-15-4-6-16(7-5-15)28-24(31)14-2-8-17(9-3-14)29-25(32)22-18-10-11-19(21-12-20(18)21)23(22)26(29)33/h4-7,10-11,14,17-23H,2-3,8-9,12H2,1H3,(H,27,30)(H,28,31)/t14?,17?,18-,19-,20-,21-,22+,23+/m1/s1. The third kappa shape index (κ3) is 3.31. The SMILES string of the molecule is CC(=O)Nc1ccc(NC(=O)C2CCC(N3C(=O)[C@H]4[C@@H]5C=C[C@H]([C@H]6C[C@H]56)[C@@H]4C3=O)CC2)cc1. The zero-order valence-electron chi connectivity index (χ0n) is 18.7. The van der Waals surface area contributed by atoms with Gasteiger partial charge in [0.15, 0.2) is 0 Å². The predicted octanol–water partition coefficient (Wildman–Crippen LogP) is 3.20. The van der Waals surface area contributed by atoms with Gasteiger partial charge >= 0.3 is 0 Å². The van der Waals surface area contributed by atoms with E-state index in [1.54, 1.807) is 29.2 Å². The van der Waals surface area contributed by atoms with Crippen LogP contribution in [0.15, 0.2) is 36.4 Å². The normalized spacial score (nSPS) is 38.0. The van der Waals surface area contributed by atoms with E-state index in [0.717, 1.165) is 0 Å². The van der Waals surface area contributed by atoms with Crippen molar-refractivity contribution in [2.24, 2.45) is 41.4 Å². The highest BCUT2D eigenvalue weighted by atomic mass is 16.2. The zero-order valence-corrected chi connectivity index (χ0v) is 18.7. The number of nitrogens with one attached hydrogen (secondary N) is 2. The molecule has 4 fully saturated rings. The molecule has 1 aromatic rings. The first-order chi connectivity index (χ1) is 15.9. The van der Waals surface area contributed by atoms with Gasteiger partial charge in [-0.25, -0.2) is 0 Å². The average Bonchev–Trinajstić information content (AvgIpc) is 3.58. The topological polar surface area (TPSA) is 95.6 Å². The number of rotatable bonds is 4. The Morgan fingerprint density at radius 1 is 0.818 bits per heavy atom. The fourth-order valence-corrected chi connectivity index (χ4v) is 7.02. The van der Waals surface area contributed by atoms with Crippen LogP contribution in [0.4, 0.5) is 11.4 Å². The van der Waals surface area contributed by atoms with Crippen molar-refractivity contribution in [1.82, 2.24) is 4.90 Å². The maximum absolute atomic E-state index is 13.3. The summed E-state index contributed by atoms with van der Waals surface area (Å²) in [5, 5.41) is 5.66. The smallest absolute Gasteiger partial charge is 0.233 e. The number of hydrogen-bond donors (Lipinski definition) is 2. The highest BCUT2D eigenvalue weighted by Gasteiger charge is 2.67. The molecule has 0 radical (unpaired) electrons. The van der Waals surface area contributed by atoms with Crippen LogP contribution in [0.2, 0.25) is 0 Å². The molecule has 172 valence electrons. The lowest BCUT2D eigenvalue weighted by Crippen LogP contribution is -2.44. The number of imide groups is 1. The van der Waals surface area contributed by atoms with Crippen LogP contribution in [0.5, 0.6) is 0 Å². The molecule has 1 aliphatic heterocycles. The molecule has 1 aromatic carbocycles. The summed E-state index contributed by atoms with van der Waals surface area (Å²) in [4.78, 5) is 52.2. The van der Waals surface area contributed by atoms with Crippen molar-refractivity contribution >= 4 is 35.0 Å². The zero-order chi connectivity index (χ0) is 22.9. The van der Waals surface area contributed by atoms with Crippen LogP contribution in [-0.4, -0.2) is 34.6 Å². The van der Waals surface area contributed by atoms with Crippen molar-refractivity contribution in [3.8, 4) is 0 Å². The van der Waals surface area contributed by atoms with E-state index < -0.39 is 0 Å². The van der Waals surface area contributed by atoms with E-state index in [4.69, 9.17) is 0 Å². The molecular formula is C26H29N3O4. The van der Waals surface area contributed by atoms with Crippen molar-refractivity contribution in [3.05, 3.63) is 36.4 Å². The quantitative estimate of drug-likeness (QED) is 0.547. The van der Waals surface area contributed by atoms with Gasteiger partial charge in [0.05, 0.1) is 11.8 Å². The van der Waals surface area contributed by atoms with E-state index in [1.165, 1.54) is 13.3 Å². The van der Waals surface area contributed by atoms with Gasteiger partial charge in [-0.3, -0.25) is 24.1 Å². The van der Waals surface area contributed by atoms with Crippen LogP contribution in [0.25, 0.3) is 0 Å². The Bertz CT molecular complexity index is 1020. The van der Waals surface area contributed by atoms with Gasteiger partial charge in [-0.2, -0.15) is 0 Å². The van der Waals surface area contributed by atoms with Crippen molar-refractivity contribution in [1.29, 1.82) is 0 Å². The van der Waals surface area contributed by atoms with E-state index in [9.17, 15) is 19.2 Å². The van der Waals surface area contributed by atoms with Gasteiger partial charge in [-0.15, -0.1) is 0 Å². The maximum atomic E-state index is 13.3. The molecule has 7 rings (SSSR count). The number of anilines is 2. The van der Waals surface area contributed by atoms with Crippen molar-refractivity contribution in [2.45, 2.75) is 45.1 Å². The fourth-order valence-electron chi connectivity index (χ4n) is 7.02. The highest BCUT2D eigenvalue weighted by molar-refractivity contribution is 6.06. The first kappa shape index (κ1) is 20.6. The third-order valence-electron chi connectivity index (χ3n) is 8.60. The van der Waals surface area contributed by atoms with Crippen LogP contribution in [0, 0.1) is 41.4 Å². The molecule has 7 heteroatoms. The summed E-state index contributed by atoms with van der Waals surface area (Å²) in [5.74, 6) is 1.25. The minimum atomic E-state index is -0.141. The fraction of sp³-hybridized carbons (Fsp3) is 0.538. The lowest BCUT2D eigenvalue weighted by molar-refractivity contribution is -0.144. The second-order valence-electron chi connectivity index (χ2n) is 10.5. The lowest BCUT2D eigenvalue weighted by atomic mass is 9.63. The van der Waals surface area contributed by atoms with Gasteiger partial charge in [-0.1, -0.05) is 12.2 Å². The van der Waals surface area contributed by atoms with Crippen molar-refractivity contribution < 1.29 is 19.2 Å². The Balaban J connectivity index is 1.06. The third-order valence-corrected chi connectivity index (χ3v) is 8.60. The maximum Gasteiger partial charge on any atom is 0.233 e. The van der Waals surface area contributed by atoms with Crippen molar-refractivity contribution in [2.75, 3.05) is 10.6 Å². The molecule has 4 amide bonds. The van der Waals surface area contributed by atoms with Crippen LogP contribution < -0.4 is 10.6 Å². The van der Waals surface area contributed by atoms with E-state index in [-0.39, 0.29) is 59.3 Å². The summed E-state index contributed by atoms with van der Waals surface area (Å²) < 4.78 is 0. The van der Waals surface area contributed by atoms with Crippen LogP contribution in [0.1, 0.15) is 39.0 Å². The molecule has 2 N–H and O–H groups in total. The summed E-state index contributed by atoms with van der Waals surface area (Å²) >= 11 is 0. The molecule has 1 saturated heterocycles. The molecule has 0 spiro atoms. The molecule has 2 bridgehead atoms. The summed E-state index contributed by atoms with van der Waals surface area (Å²) in [6, 6.07) is 6.97. The summed E-state index contributed by atoms with van der Waals surface area (Å²) in [5.41, 5.74) is 1.37. The van der Waals surface area contributed by atoms with E-state index >= 15 is 0 Å². The Hall–Kier alpha value is -2.96. The molecular weight excluding hydrogens is 418 g/mol. The number of amides is 4. The highest BCUT2D eigenvalue weighted by Crippen LogP contribution is 2.65. The summed E-state index contributed by atoms with van der Waals surface area (Å²) in [6.07, 6.45) is 8.30. The molecule has 6 atom stereocenters. The number of hydrogen-bond acceptors (Lipinski definition) is 4. The summed E-state index contributed by atoms with van der Waals surface area (Å²) in [7, 11) is 0. The largest absolute Gasteiger partial charge is 0.326 e. The van der Waals surface area contributed by atoms with E-state index in [1.807, 2.05) is 0 Å². The van der Waals surface area contributed by atoms with Gasteiger partial charge in [0, 0.05) is 30.3 Å². The van der Waals surface area contributed by atoms with Crippen LogP contribution in [-0.2, 0) is 19.2 Å². The van der Waals surface area contributed by atoms with E-state index in [2.05, 4.69) is 22.8 Å². The van der Waals surface area contributed by atoms with Gasteiger partial charge in [0.1, 0.15) is 0 Å². The number of allylic oxidation sites excluding steroid dienone is 2. The second-order valence-corrected chi connectivity index (χ2v) is 10.5. The Kier molecular flexibility index (Phi) is 4.71. The molecule has 5 aliphatic carbocycles. The van der Waals surface area contributed by atoms with Crippen LogP contribution in [0.3, 0.4) is 0 Å². The minimum Gasteiger partial charge on any atom is -0.326 e. The Labute approximate surface area is 193 Å². The van der Waals surface area contributed by atoms with Gasteiger partial charge in [0.2, 0.25) is 23.6 Å². The lowest BCUT2D eigenvalue weighted by Gasteiger charge is -2.37. The first-order valence-electron chi connectivity index (χ1n) is 12.2. The monoisotopic (exact) mass is 447 g/mol. The van der Waals surface area contributed by atoms with E-state index in [0.29, 0.717) is 48.9 Å². The van der Waals surface area contributed by atoms with Gasteiger partial charge in [-0.05, 0) is 80.0 Å². The number of benzene rings is 1. The van der Waals surface area contributed by atoms with Gasteiger partial charge in [0.25, 0.3) is 0 Å². The predicted molar refractivity (Wildman–Crippen MR) is 122 cm³/mol. The Morgan fingerprint density at radius 3 is 1.85 bits per heavy atom. The molecule has 0 aromatic heterocycles. The number of nitrogens with zero attached hydrogens (tertiary/aromatic N) is 1. The average molecular weight is 448 g/mol. The number of carbonyl (C=O) groups excluding carboxylic acids is 4. The number of carbonyl (C=O) groups is 4. The molecule has 1 heterocycles.